The minimum Gasteiger partial charge on any atom is -0.497 e. The number of ether oxygens (including phenoxy) is 2. The molecule has 1 saturated carbocycles. The minimum absolute atomic E-state index is 0.115. The van der Waals surface area contributed by atoms with Gasteiger partial charge in [0.15, 0.2) is 0 Å². The average molecular weight is 581 g/mol. The van der Waals surface area contributed by atoms with Crippen molar-refractivity contribution in [2.24, 2.45) is 0 Å². The Morgan fingerprint density at radius 1 is 0.800 bits per heavy atom. The molecule has 4 aromatic heterocycles. The highest BCUT2D eigenvalue weighted by molar-refractivity contribution is 7.15. The number of nitrogens with one attached hydrogen (secondary N) is 2. The Morgan fingerprint density at radius 3 is 1.73 bits per heavy atom. The molecule has 0 aliphatic heterocycles. The van der Waals surface area contributed by atoms with Gasteiger partial charge in [-0.1, -0.05) is 29.1 Å². The maximum absolute atomic E-state index is 12.5. The van der Waals surface area contributed by atoms with Gasteiger partial charge in [0.1, 0.15) is 21.5 Å². The highest BCUT2D eigenvalue weighted by atomic mass is 32.1. The van der Waals surface area contributed by atoms with Crippen LogP contribution in [0.4, 0.5) is 10.3 Å². The SMILES string of the molecule is COc1ccnc(CC(=O)Nc2nnc(C3CCC[C@H](c4nnc(NC(=O)Cc5cc(OC)ccn5)s4)C3)s2)c1. The monoisotopic (exact) mass is 580 g/mol. The normalized spacial score (nSPS) is 16.8. The van der Waals surface area contributed by atoms with Gasteiger partial charge >= 0.3 is 0 Å². The summed E-state index contributed by atoms with van der Waals surface area (Å²) in [6.07, 6.45) is 7.30. The van der Waals surface area contributed by atoms with E-state index >= 15 is 0 Å². The zero-order valence-corrected chi connectivity index (χ0v) is 23.6. The van der Waals surface area contributed by atoms with Crippen LogP contribution in [0.15, 0.2) is 36.7 Å². The predicted molar refractivity (Wildman–Crippen MR) is 150 cm³/mol. The largest absolute Gasteiger partial charge is 0.497 e. The molecule has 1 aliphatic rings. The Hall–Kier alpha value is -4.04. The molecule has 40 heavy (non-hydrogen) atoms. The van der Waals surface area contributed by atoms with Crippen molar-refractivity contribution in [2.75, 3.05) is 24.9 Å². The van der Waals surface area contributed by atoms with Gasteiger partial charge in [0.05, 0.1) is 38.4 Å². The molecule has 0 spiro atoms. The summed E-state index contributed by atoms with van der Waals surface area (Å²) in [7, 11) is 3.14. The molecular formula is C26H28N8O4S2. The highest BCUT2D eigenvalue weighted by Gasteiger charge is 2.29. The Labute approximate surface area is 238 Å². The Bertz CT molecular complexity index is 1370. The Balaban J connectivity index is 1.14. The summed E-state index contributed by atoms with van der Waals surface area (Å²) in [5, 5.41) is 25.5. The van der Waals surface area contributed by atoms with Crippen molar-refractivity contribution in [3.63, 3.8) is 0 Å². The van der Waals surface area contributed by atoms with E-state index in [1.54, 1.807) is 50.9 Å². The molecule has 0 radical (unpaired) electrons. The maximum Gasteiger partial charge on any atom is 0.232 e. The van der Waals surface area contributed by atoms with E-state index in [1.807, 2.05) is 0 Å². The third-order valence-corrected chi connectivity index (χ3v) is 8.48. The highest BCUT2D eigenvalue weighted by Crippen LogP contribution is 2.43. The third kappa shape index (κ3) is 7.12. The first-order valence-corrected chi connectivity index (χ1v) is 14.4. The molecule has 12 nitrogen and oxygen atoms in total. The molecule has 2 amide bonds. The van der Waals surface area contributed by atoms with Crippen molar-refractivity contribution in [3.05, 3.63) is 58.1 Å². The number of aromatic nitrogens is 6. The summed E-state index contributed by atoms with van der Waals surface area (Å²) in [5.74, 6) is 1.30. The molecule has 14 heteroatoms. The van der Waals surface area contributed by atoms with E-state index in [4.69, 9.17) is 9.47 Å². The van der Waals surface area contributed by atoms with Crippen molar-refractivity contribution in [3.8, 4) is 11.5 Å². The van der Waals surface area contributed by atoms with Gasteiger partial charge in [-0.05, 0) is 31.4 Å². The maximum atomic E-state index is 12.5. The quantitative estimate of drug-likeness (QED) is 0.281. The standard InChI is InChI=1S/C26H28N8O4S2/c1-37-19-6-8-27-17(11-19)13-21(35)29-25-33-31-23(39-25)15-4-3-5-16(10-15)24-32-34-26(40-24)30-22(36)14-18-12-20(38-2)7-9-28-18/h6-9,11-12,15-16H,3-5,10,13-14H2,1-2H3,(H,29,33,35)(H,30,34,36)/t15-,16?/m0/s1. The number of anilines is 2. The summed E-state index contributed by atoms with van der Waals surface area (Å²) in [4.78, 5) is 33.4. The van der Waals surface area contributed by atoms with Crippen LogP contribution in [0.25, 0.3) is 0 Å². The number of pyridine rings is 2. The average Bonchev–Trinajstić information content (AvgIpc) is 3.63. The van der Waals surface area contributed by atoms with Crippen LogP contribution in [0, 0.1) is 0 Å². The van der Waals surface area contributed by atoms with Gasteiger partial charge in [0, 0.05) is 36.4 Å². The zero-order valence-electron chi connectivity index (χ0n) is 22.0. The molecule has 5 rings (SSSR count). The van der Waals surface area contributed by atoms with Crippen LogP contribution in [-0.4, -0.2) is 56.4 Å². The van der Waals surface area contributed by atoms with E-state index < -0.39 is 0 Å². The van der Waals surface area contributed by atoms with Gasteiger partial charge in [0.25, 0.3) is 0 Å². The summed E-state index contributed by atoms with van der Waals surface area (Å²) in [6.45, 7) is 0. The van der Waals surface area contributed by atoms with E-state index in [0.717, 1.165) is 35.7 Å². The van der Waals surface area contributed by atoms with Crippen molar-refractivity contribution < 1.29 is 19.1 Å². The minimum atomic E-state index is -0.212. The summed E-state index contributed by atoms with van der Waals surface area (Å²) in [6, 6.07) is 6.93. The van der Waals surface area contributed by atoms with Crippen LogP contribution >= 0.6 is 22.7 Å². The molecule has 208 valence electrons. The number of carbonyl (C=O) groups is 2. The van der Waals surface area contributed by atoms with E-state index in [9.17, 15) is 9.59 Å². The van der Waals surface area contributed by atoms with Crippen molar-refractivity contribution in [1.82, 2.24) is 30.4 Å². The number of rotatable bonds is 10. The summed E-state index contributed by atoms with van der Waals surface area (Å²) >= 11 is 2.79. The first-order chi connectivity index (χ1) is 19.5. The van der Waals surface area contributed by atoms with Gasteiger partial charge in [-0.2, -0.15) is 0 Å². The smallest absolute Gasteiger partial charge is 0.232 e. The first kappa shape index (κ1) is 27.5. The topological polar surface area (TPSA) is 154 Å². The molecule has 4 aromatic rings. The molecule has 1 fully saturated rings. The van der Waals surface area contributed by atoms with Crippen molar-refractivity contribution >= 4 is 44.8 Å². The number of hydrogen-bond donors (Lipinski definition) is 2. The van der Waals surface area contributed by atoms with Crippen LogP contribution in [0.3, 0.4) is 0 Å². The fourth-order valence-electron chi connectivity index (χ4n) is 4.55. The molecule has 0 saturated heterocycles. The summed E-state index contributed by atoms with van der Waals surface area (Å²) in [5.41, 5.74) is 1.22. The van der Waals surface area contributed by atoms with Gasteiger partial charge < -0.3 is 20.1 Å². The fraction of sp³-hybridized carbons (Fsp3) is 0.385. The zero-order chi connectivity index (χ0) is 27.9. The second kappa shape index (κ2) is 12.9. The predicted octanol–water partition coefficient (Wildman–Crippen LogP) is 4.00. The molecule has 2 atom stereocenters. The molecule has 1 aliphatic carbocycles. The van der Waals surface area contributed by atoms with E-state index in [-0.39, 0.29) is 36.5 Å². The van der Waals surface area contributed by atoms with Crippen LogP contribution in [0.1, 0.15) is 58.9 Å². The fourth-order valence-corrected chi connectivity index (χ4v) is 6.37. The number of amides is 2. The van der Waals surface area contributed by atoms with Crippen molar-refractivity contribution in [1.29, 1.82) is 0 Å². The van der Waals surface area contributed by atoms with Crippen LogP contribution in [0.5, 0.6) is 11.5 Å². The lowest BCUT2D eigenvalue weighted by atomic mass is 9.82. The second-order valence-corrected chi connectivity index (χ2v) is 11.3. The molecule has 0 aromatic carbocycles. The number of nitrogens with zero attached hydrogens (tertiary/aromatic N) is 6. The van der Waals surface area contributed by atoms with Gasteiger partial charge in [0.2, 0.25) is 22.1 Å². The number of hydrogen-bond acceptors (Lipinski definition) is 12. The Morgan fingerprint density at radius 2 is 1.27 bits per heavy atom. The van der Waals surface area contributed by atoms with Gasteiger partial charge in [-0.25, -0.2) is 0 Å². The first-order valence-electron chi connectivity index (χ1n) is 12.7. The molecule has 4 heterocycles. The molecule has 1 unspecified atom stereocenters. The van der Waals surface area contributed by atoms with Crippen molar-refractivity contribution in [2.45, 2.75) is 50.4 Å². The van der Waals surface area contributed by atoms with Gasteiger partial charge in [-0.3, -0.25) is 19.6 Å². The molecular weight excluding hydrogens is 552 g/mol. The second-order valence-electron chi connectivity index (χ2n) is 9.28. The number of carbonyl (C=O) groups excluding carboxylic acids is 2. The van der Waals surface area contributed by atoms with Crippen LogP contribution in [0.2, 0.25) is 0 Å². The van der Waals surface area contributed by atoms with Crippen LogP contribution in [-0.2, 0) is 22.4 Å². The lowest BCUT2D eigenvalue weighted by Crippen LogP contribution is -2.15. The van der Waals surface area contributed by atoms with E-state index in [1.165, 1.54) is 22.7 Å². The Kier molecular flexibility index (Phi) is 8.86. The lowest BCUT2D eigenvalue weighted by Gasteiger charge is -2.25. The molecule has 0 bridgehead atoms. The lowest BCUT2D eigenvalue weighted by molar-refractivity contribution is -0.116. The van der Waals surface area contributed by atoms with Crippen LogP contribution < -0.4 is 20.1 Å². The van der Waals surface area contributed by atoms with Gasteiger partial charge in [-0.15, -0.1) is 20.4 Å². The van der Waals surface area contributed by atoms with E-state index in [2.05, 4.69) is 41.0 Å². The van der Waals surface area contributed by atoms with E-state index in [0.29, 0.717) is 33.1 Å². The summed E-state index contributed by atoms with van der Waals surface area (Å²) < 4.78 is 10.4. The third-order valence-electron chi connectivity index (χ3n) is 6.48. The molecule has 2 N–H and O–H groups in total. The number of methoxy groups -OCH3 is 2.